The minimum Gasteiger partial charge on any atom is -0.350 e. The Bertz CT molecular complexity index is 864. The Morgan fingerprint density at radius 1 is 0.800 bits per heavy atom. The van der Waals surface area contributed by atoms with E-state index in [1.807, 2.05) is 115 Å². The van der Waals surface area contributed by atoms with E-state index in [0.717, 1.165) is 16.8 Å². The standard InChI is InChI=1S/C23H20N2/c1-25(22-15-9-4-10-16-22)23(19-24,21-13-7-3-8-14-21)18-17-20-11-5-2-6-12-20/h2-18H,1H3/b18-17+. The van der Waals surface area contributed by atoms with Gasteiger partial charge in [-0.15, -0.1) is 0 Å². The van der Waals surface area contributed by atoms with Crippen LogP contribution in [-0.2, 0) is 5.54 Å². The fourth-order valence-corrected chi connectivity index (χ4v) is 2.91. The topological polar surface area (TPSA) is 27.0 Å². The molecular weight excluding hydrogens is 304 g/mol. The first-order valence-corrected chi connectivity index (χ1v) is 8.26. The number of anilines is 1. The van der Waals surface area contributed by atoms with Crippen molar-refractivity contribution >= 4 is 11.8 Å². The van der Waals surface area contributed by atoms with Crippen molar-refractivity contribution in [3.63, 3.8) is 0 Å². The number of benzene rings is 3. The van der Waals surface area contributed by atoms with Crippen LogP contribution in [0.25, 0.3) is 6.08 Å². The summed E-state index contributed by atoms with van der Waals surface area (Å²) in [5.74, 6) is 0. The first kappa shape index (κ1) is 16.5. The Labute approximate surface area is 149 Å². The average molecular weight is 324 g/mol. The van der Waals surface area contributed by atoms with Gasteiger partial charge in [0.1, 0.15) is 6.07 Å². The SMILES string of the molecule is CN(c1ccccc1)C(C#N)(/C=C/c1ccccc1)c1ccccc1. The first-order chi connectivity index (χ1) is 12.3. The largest absolute Gasteiger partial charge is 0.350 e. The predicted octanol–water partition coefficient (Wildman–Crippen LogP) is 5.26. The van der Waals surface area contributed by atoms with E-state index in [4.69, 9.17) is 0 Å². The lowest BCUT2D eigenvalue weighted by molar-refractivity contribution is 0.667. The van der Waals surface area contributed by atoms with Crippen molar-refractivity contribution in [3.8, 4) is 6.07 Å². The molecule has 1 atom stereocenters. The monoisotopic (exact) mass is 324 g/mol. The molecule has 0 amide bonds. The van der Waals surface area contributed by atoms with Gasteiger partial charge < -0.3 is 4.90 Å². The van der Waals surface area contributed by atoms with Crippen LogP contribution in [0, 0.1) is 11.3 Å². The molecule has 0 aromatic heterocycles. The molecule has 2 nitrogen and oxygen atoms in total. The summed E-state index contributed by atoms with van der Waals surface area (Å²) in [6.07, 6.45) is 3.99. The highest BCUT2D eigenvalue weighted by molar-refractivity contribution is 5.61. The van der Waals surface area contributed by atoms with Crippen LogP contribution in [0.15, 0.2) is 97.1 Å². The third-order valence-corrected chi connectivity index (χ3v) is 4.37. The molecule has 1 unspecified atom stereocenters. The number of nitriles is 1. The Hall–Kier alpha value is -3.31. The number of nitrogens with zero attached hydrogens (tertiary/aromatic N) is 2. The first-order valence-electron chi connectivity index (χ1n) is 8.26. The second kappa shape index (κ2) is 7.51. The van der Waals surface area contributed by atoms with Crippen molar-refractivity contribution in [3.05, 3.63) is 108 Å². The van der Waals surface area contributed by atoms with Gasteiger partial charge in [0, 0.05) is 12.7 Å². The maximum absolute atomic E-state index is 10.2. The van der Waals surface area contributed by atoms with Gasteiger partial charge >= 0.3 is 0 Å². The third-order valence-electron chi connectivity index (χ3n) is 4.37. The zero-order valence-corrected chi connectivity index (χ0v) is 14.2. The van der Waals surface area contributed by atoms with Crippen LogP contribution in [-0.4, -0.2) is 7.05 Å². The van der Waals surface area contributed by atoms with E-state index in [0.29, 0.717) is 0 Å². The van der Waals surface area contributed by atoms with Gasteiger partial charge in [-0.2, -0.15) is 5.26 Å². The molecule has 0 N–H and O–H groups in total. The Morgan fingerprint density at radius 3 is 1.88 bits per heavy atom. The number of hydrogen-bond donors (Lipinski definition) is 0. The molecule has 0 bridgehead atoms. The van der Waals surface area contributed by atoms with Gasteiger partial charge in [-0.25, -0.2) is 0 Å². The molecule has 0 aliphatic rings. The van der Waals surface area contributed by atoms with Crippen molar-refractivity contribution in [1.82, 2.24) is 0 Å². The third kappa shape index (κ3) is 3.46. The Balaban J connectivity index is 2.11. The number of likely N-dealkylation sites (N-methyl/N-ethyl adjacent to an activating group) is 1. The maximum atomic E-state index is 10.2. The Morgan fingerprint density at radius 2 is 1.32 bits per heavy atom. The van der Waals surface area contributed by atoms with Crippen molar-refractivity contribution in [1.29, 1.82) is 5.26 Å². The van der Waals surface area contributed by atoms with Crippen molar-refractivity contribution in [2.75, 3.05) is 11.9 Å². The van der Waals surface area contributed by atoms with Crippen LogP contribution < -0.4 is 4.90 Å². The quantitative estimate of drug-likeness (QED) is 0.640. The normalized spacial score (nSPS) is 13.1. The van der Waals surface area contributed by atoms with Gasteiger partial charge in [-0.05, 0) is 29.3 Å². The second-order valence-electron chi connectivity index (χ2n) is 5.88. The highest BCUT2D eigenvalue weighted by Gasteiger charge is 2.34. The molecule has 122 valence electrons. The number of rotatable bonds is 5. The van der Waals surface area contributed by atoms with Crippen LogP contribution >= 0.6 is 0 Å². The summed E-state index contributed by atoms with van der Waals surface area (Å²) >= 11 is 0. The zero-order valence-electron chi connectivity index (χ0n) is 14.2. The molecule has 3 rings (SSSR count). The lowest BCUT2D eigenvalue weighted by Gasteiger charge is -2.36. The van der Waals surface area contributed by atoms with Crippen molar-refractivity contribution in [2.45, 2.75) is 5.54 Å². The van der Waals surface area contributed by atoms with Gasteiger partial charge in [0.25, 0.3) is 0 Å². The van der Waals surface area contributed by atoms with Gasteiger partial charge in [0.05, 0.1) is 0 Å². The molecule has 2 heteroatoms. The number of para-hydroxylation sites is 1. The molecule has 0 spiro atoms. The summed E-state index contributed by atoms with van der Waals surface area (Å²) < 4.78 is 0. The molecule has 0 aliphatic carbocycles. The summed E-state index contributed by atoms with van der Waals surface area (Å²) in [7, 11) is 1.96. The summed E-state index contributed by atoms with van der Waals surface area (Å²) in [6.45, 7) is 0. The summed E-state index contributed by atoms with van der Waals surface area (Å²) in [4.78, 5) is 2.02. The molecule has 3 aromatic rings. The van der Waals surface area contributed by atoms with Gasteiger partial charge in [-0.3, -0.25) is 0 Å². The lowest BCUT2D eigenvalue weighted by atomic mass is 9.88. The fourth-order valence-electron chi connectivity index (χ4n) is 2.91. The average Bonchev–Trinajstić information content (AvgIpc) is 2.71. The molecule has 25 heavy (non-hydrogen) atoms. The highest BCUT2D eigenvalue weighted by Crippen LogP contribution is 2.33. The molecule has 0 fully saturated rings. The number of hydrogen-bond acceptors (Lipinski definition) is 2. The van der Waals surface area contributed by atoms with Gasteiger partial charge in [0.2, 0.25) is 0 Å². The van der Waals surface area contributed by atoms with Crippen LogP contribution in [0.4, 0.5) is 5.69 Å². The Kier molecular flexibility index (Phi) is 4.97. The maximum Gasteiger partial charge on any atom is 0.172 e. The minimum absolute atomic E-state index is 0.890. The second-order valence-corrected chi connectivity index (χ2v) is 5.88. The molecule has 0 saturated carbocycles. The smallest absolute Gasteiger partial charge is 0.172 e. The molecule has 0 saturated heterocycles. The van der Waals surface area contributed by atoms with E-state index in [1.165, 1.54) is 0 Å². The van der Waals surface area contributed by atoms with Gasteiger partial charge in [-0.1, -0.05) is 84.9 Å². The van der Waals surface area contributed by atoms with E-state index >= 15 is 0 Å². The van der Waals surface area contributed by atoms with Crippen LogP contribution in [0.1, 0.15) is 11.1 Å². The summed E-state index contributed by atoms with van der Waals surface area (Å²) in [6, 6.07) is 32.5. The van der Waals surface area contributed by atoms with Gasteiger partial charge in [0.15, 0.2) is 5.54 Å². The van der Waals surface area contributed by atoms with E-state index < -0.39 is 5.54 Å². The van der Waals surface area contributed by atoms with Crippen LogP contribution in [0.3, 0.4) is 0 Å². The zero-order chi connectivity index (χ0) is 17.5. The van der Waals surface area contributed by atoms with E-state index in [9.17, 15) is 5.26 Å². The lowest BCUT2D eigenvalue weighted by Crippen LogP contribution is -2.41. The molecule has 0 radical (unpaired) electrons. The molecular formula is C23H20N2. The van der Waals surface area contributed by atoms with E-state index in [2.05, 4.69) is 6.07 Å². The summed E-state index contributed by atoms with van der Waals surface area (Å²) in [5, 5.41) is 10.2. The molecule has 0 heterocycles. The molecule has 0 aliphatic heterocycles. The van der Waals surface area contributed by atoms with Crippen LogP contribution in [0.5, 0.6) is 0 Å². The predicted molar refractivity (Wildman–Crippen MR) is 104 cm³/mol. The minimum atomic E-state index is -0.890. The van der Waals surface area contributed by atoms with Crippen molar-refractivity contribution < 1.29 is 0 Å². The summed E-state index contributed by atoms with van der Waals surface area (Å²) in [5.41, 5.74) is 2.11. The van der Waals surface area contributed by atoms with E-state index in [-0.39, 0.29) is 0 Å². The van der Waals surface area contributed by atoms with E-state index in [1.54, 1.807) is 0 Å². The van der Waals surface area contributed by atoms with Crippen LogP contribution in [0.2, 0.25) is 0 Å². The highest BCUT2D eigenvalue weighted by atomic mass is 15.2. The van der Waals surface area contributed by atoms with Crippen molar-refractivity contribution in [2.24, 2.45) is 0 Å². The fraction of sp³-hybridized carbons (Fsp3) is 0.0870. The molecule has 3 aromatic carbocycles.